The highest BCUT2D eigenvalue weighted by Gasteiger charge is 2.23. The molecule has 5 aromatic rings. The van der Waals surface area contributed by atoms with Crippen molar-refractivity contribution in [3.05, 3.63) is 108 Å². The van der Waals surface area contributed by atoms with E-state index in [1.807, 2.05) is 103 Å². The Hall–Kier alpha value is -4.76. The molecule has 9 heteroatoms. The molecule has 8 nitrogen and oxygen atoms in total. The summed E-state index contributed by atoms with van der Waals surface area (Å²) >= 11 is 3.66. The van der Waals surface area contributed by atoms with Gasteiger partial charge in [0.15, 0.2) is 12.2 Å². The van der Waals surface area contributed by atoms with Crippen LogP contribution in [0.3, 0.4) is 0 Å². The molecule has 5 aromatic carbocycles. The Bertz CT molecular complexity index is 1920. The lowest BCUT2D eigenvalue weighted by atomic mass is 10.0. The van der Waals surface area contributed by atoms with Gasteiger partial charge < -0.3 is 28.4 Å². The van der Waals surface area contributed by atoms with E-state index in [9.17, 15) is 9.59 Å². The van der Waals surface area contributed by atoms with Crippen molar-refractivity contribution in [2.24, 2.45) is 0 Å². The zero-order valence-electron chi connectivity index (χ0n) is 32.0. The maximum atomic E-state index is 13.0. The second-order valence-corrected chi connectivity index (χ2v) is 14.5. The molecule has 0 radical (unpaired) electrons. The van der Waals surface area contributed by atoms with Gasteiger partial charge in [0, 0.05) is 38.9 Å². The highest BCUT2D eigenvalue weighted by atomic mass is 79.9. The van der Waals surface area contributed by atoms with Crippen molar-refractivity contribution in [1.82, 2.24) is 0 Å². The van der Waals surface area contributed by atoms with Gasteiger partial charge >= 0.3 is 11.9 Å². The second kappa shape index (κ2) is 22.6. The maximum absolute atomic E-state index is 13.0. The maximum Gasteiger partial charge on any atom is 0.306 e. The van der Waals surface area contributed by atoms with Gasteiger partial charge in [-0.15, -0.1) is 0 Å². The van der Waals surface area contributed by atoms with E-state index in [1.54, 1.807) is 0 Å². The SMILES string of the molecule is CCCCCCC(=O)OC(COc1ccccc1)COc1c2ccccc2c(OCC(COc2ccccc2)OC(=O)CCCCCC)c2cc(Br)ccc12. The molecule has 0 amide bonds. The number of para-hydroxylation sites is 2. The average Bonchev–Trinajstić information content (AvgIpc) is 3.21. The molecule has 0 bridgehead atoms. The predicted octanol–water partition coefficient (Wildman–Crippen LogP) is 11.4. The number of fused-ring (bicyclic) bond motifs is 2. The standard InChI is InChI=1S/C46H53BrO8/c1-3-5-7-15-25-43(48)54-37(30-50-35-19-11-9-12-20-35)32-52-45-39-23-17-18-24-40(39)46(42-29-34(47)27-28-41(42)45)53-33-38(31-51-36-21-13-10-14-22-36)55-44(49)26-16-8-6-4-2/h9-14,17-24,27-29,37-38H,3-8,15-16,25-26,30-33H2,1-2H3. The van der Waals surface area contributed by atoms with Crippen LogP contribution in [-0.4, -0.2) is 50.6 Å². The summed E-state index contributed by atoms with van der Waals surface area (Å²) in [7, 11) is 0. The van der Waals surface area contributed by atoms with E-state index in [4.69, 9.17) is 28.4 Å². The fraction of sp³-hybridized carbons (Fsp3) is 0.391. The summed E-state index contributed by atoms with van der Waals surface area (Å²) in [5.41, 5.74) is 0. The lowest BCUT2D eigenvalue weighted by Gasteiger charge is -2.23. The van der Waals surface area contributed by atoms with Crippen molar-refractivity contribution in [3.8, 4) is 23.0 Å². The van der Waals surface area contributed by atoms with Crippen LogP contribution in [-0.2, 0) is 19.1 Å². The van der Waals surface area contributed by atoms with Crippen molar-refractivity contribution < 1.29 is 38.0 Å². The van der Waals surface area contributed by atoms with E-state index in [0.29, 0.717) is 35.8 Å². The van der Waals surface area contributed by atoms with Crippen molar-refractivity contribution in [3.63, 3.8) is 0 Å². The molecule has 2 atom stereocenters. The van der Waals surface area contributed by atoms with Crippen LogP contribution in [0.25, 0.3) is 21.5 Å². The van der Waals surface area contributed by atoms with Gasteiger partial charge in [-0.05, 0) is 55.3 Å². The van der Waals surface area contributed by atoms with Crippen molar-refractivity contribution in [1.29, 1.82) is 0 Å². The number of halogens is 1. The minimum atomic E-state index is -0.655. The topological polar surface area (TPSA) is 89.5 Å². The molecular formula is C46H53BrO8. The molecule has 0 aliphatic rings. The summed E-state index contributed by atoms with van der Waals surface area (Å²) in [5, 5.41) is 3.27. The van der Waals surface area contributed by atoms with Crippen LogP contribution >= 0.6 is 15.9 Å². The number of hydrogen-bond donors (Lipinski definition) is 0. The number of hydrogen-bond acceptors (Lipinski definition) is 8. The van der Waals surface area contributed by atoms with Crippen molar-refractivity contribution in [2.75, 3.05) is 26.4 Å². The van der Waals surface area contributed by atoms with Crippen LogP contribution in [0.1, 0.15) is 78.1 Å². The van der Waals surface area contributed by atoms with Crippen LogP contribution in [0.15, 0.2) is 108 Å². The van der Waals surface area contributed by atoms with Gasteiger partial charge in [0.05, 0.1) is 0 Å². The number of ether oxygens (including phenoxy) is 6. The van der Waals surface area contributed by atoms with Gasteiger partial charge in [-0.2, -0.15) is 0 Å². The Morgan fingerprint density at radius 3 is 1.38 bits per heavy atom. The zero-order chi connectivity index (χ0) is 38.7. The fourth-order valence-corrected chi connectivity index (χ4v) is 6.62. The van der Waals surface area contributed by atoms with Crippen LogP contribution in [0.2, 0.25) is 0 Å². The molecule has 0 saturated carbocycles. The summed E-state index contributed by atoms with van der Waals surface area (Å²) in [6.45, 7) is 4.71. The van der Waals surface area contributed by atoms with Crippen LogP contribution in [0.5, 0.6) is 23.0 Å². The first-order chi connectivity index (χ1) is 26.9. The van der Waals surface area contributed by atoms with Crippen molar-refractivity contribution >= 4 is 49.4 Å². The summed E-state index contributed by atoms with van der Waals surface area (Å²) in [6.07, 6.45) is 7.26. The normalized spacial score (nSPS) is 12.2. The number of carbonyl (C=O) groups is 2. The summed E-state index contributed by atoms with van der Waals surface area (Å²) in [5.74, 6) is 2.10. The molecule has 0 aliphatic carbocycles. The molecule has 2 unspecified atom stereocenters. The Kier molecular flexibility index (Phi) is 17.0. The van der Waals surface area contributed by atoms with Gasteiger partial charge in [0.25, 0.3) is 0 Å². The van der Waals surface area contributed by atoms with E-state index < -0.39 is 12.2 Å². The summed E-state index contributed by atoms with van der Waals surface area (Å²) in [4.78, 5) is 25.9. The molecule has 292 valence electrons. The first-order valence-corrected chi connectivity index (χ1v) is 20.4. The van der Waals surface area contributed by atoms with Crippen LogP contribution < -0.4 is 18.9 Å². The third-order valence-corrected chi connectivity index (χ3v) is 9.63. The van der Waals surface area contributed by atoms with E-state index >= 15 is 0 Å². The van der Waals surface area contributed by atoms with Gasteiger partial charge in [-0.1, -0.05) is 129 Å². The Balaban J connectivity index is 1.39. The molecule has 5 rings (SSSR count). The molecule has 0 heterocycles. The minimum Gasteiger partial charge on any atom is -0.490 e. The van der Waals surface area contributed by atoms with Gasteiger partial charge in [-0.3, -0.25) is 9.59 Å². The monoisotopic (exact) mass is 812 g/mol. The smallest absolute Gasteiger partial charge is 0.306 e. The largest absolute Gasteiger partial charge is 0.490 e. The van der Waals surface area contributed by atoms with Crippen molar-refractivity contribution in [2.45, 2.75) is 90.3 Å². The Morgan fingerprint density at radius 2 is 0.909 bits per heavy atom. The lowest BCUT2D eigenvalue weighted by molar-refractivity contribution is -0.153. The number of benzene rings is 5. The first kappa shape index (κ1) is 41.4. The molecule has 0 aromatic heterocycles. The number of esters is 2. The third-order valence-electron chi connectivity index (χ3n) is 9.14. The molecule has 0 N–H and O–H groups in total. The van der Waals surface area contributed by atoms with Crippen LogP contribution in [0, 0.1) is 0 Å². The van der Waals surface area contributed by atoms with E-state index in [-0.39, 0.29) is 38.4 Å². The predicted molar refractivity (Wildman–Crippen MR) is 221 cm³/mol. The molecule has 0 aliphatic heterocycles. The number of carbonyl (C=O) groups excluding carboxylic acids is 2. The summed E-state index contributed by atoms with van der Waals surface area (Å²) < 4.78 is 38.1. The molecule has 55 heavy (non-hydrogen) atoms. The first-order valence-electron chi connectivity index (χ1n) is 19.6. The third kappa shape index (κ3) is 13.2. The highest BCUT2D eigenvalue weighted by molar-refractivity contribution is 9.10. The molecular weight excluding hydrogens is 760 g/mol. The molecule has 0 fully saturated rings. The zero-order valence-corrected chi connectivity index (χ0v) is 33.6. The minimum absolute atomic E-state index is 0.0758. The fourth-order valence-electron chi connectivity index (χ4n) is 6.26. The van der Waals surface area contributed by atoms with Gasteiger partial charge in [-0.25, -0.2) is 0 Å². The molecule has 0 saturated heterocycles. The van der Waals surface area contributed by atoms with Crippen LogP contribution in [0.4, 0.5) is 0 Å². The second-order valence-electron chi connectivity index (χ2n) is 13.6. The summed E-state index contributed by atoms with van der Waals surface area (Å²) in [6, 6.07) is 32.7. The van der Waals surface area contributed by atoms with E-state index in [1.165, 1.54) is 0 Å². The highest BCUT2D eigenvalue weighted by Crippen LogP contribution is 2.44. The lowest BCUT2D eigenvalue weighted by Crippen LogP contribution is -2.31. The quantitative estimate of drug-likeness (QED) is 0.0346. The van der Waals surface area contributed by atoms with Gasteiger partial charge in [0.2, 0.25) is 0 Å². The van der Waals surface area contributed by atoms with Gasteiger partial charge in [0.1, 0.15) is 49.4 Å². The van der Waals surface area contributed by atoms with E-state index in [2.05, 4.69) is 29.8 Å². The average molecular weight is 814 g/mol. The number of rotatable bonds is 24. The number of unbranched alkanes of at least 4 members (excludes halogenated alkanes) is 6. The Morgan fingerprint density at radius 1 is 0.491 bits per heavy atom. The molecule has 0 spiro atoms. The Labute approximate surface area is 333 Å². The van der Waals surface area contributed by atoms with E-state index in [0.717, 1.165) is 77.4 Å².